The van der Waals surface area contributed by atoms with Gasteiger partial charge >= 0.3 is 5.97 Å². The molecule has 1 saturated heterocycles. The lowest BCUT2D eigenvalue weighted by atomic mass is 9.65. The Labute approximate surface area is 216 Å². The molecule has 6 nitrogen and oxygen atoms in total. The van der Waals surface area contributed by atoms with Gasteiger partial charge in [-0.25, -0.2) is 0 Å². The Morgan fingerprint density at radius 2 is 1.58 bits per heavy atom. The van der Waals surface area contributed by atoms with E-state index in [9.17, 15) is 19.5 Å². The summed E-state index contributed by atoms with van der Waals surface area (Å²) in [4.78, 5) is 40.3. The average molecular weight is 500 g/mol. The second-order valence-corrected chi connectivity index (χ2v) is 12.8. The monoisotopic (exact) mass is 499 g/mol. The van der Waals surface area contributed by atoms with Crippen LogP contribution in [0.25, 0.3) is 0 Å². The number of hydrogen-bond donors (Lipinski definition) is 2. The van der Waals surface area contributed by atoms with Crippen molar-refractivity contribution in [2.75, 3.05) is 0 Å². The van der Waals surface area contributed by atoms with Gasteiger partial charge in [0.1, 0.15) is 6.10 Å². The van der Waals surface area contributed by atoms with Gasteiger partial charge in [0.25, 0.3) is 5.91 Å². The van der Waals surface area contributed by atoms with Crippen molar-refractivity contribution in [3.8, 4) is 0 Å². The second-order valence-electron chi connectivity index (χ2n) is 12.8. The van der Waals surface area contributed by atoms with Gasteiger partial charge in [-0.2, -0.15) is 0 Å². The summed E-state index contributed by atoms with van der Waals surface area (Å²) in [6.07, 6.45) is 13.4. The molecule has 4 aliphatic carbocycles. The summed E-state index contributed by atoms with van der Waals surface area (Å²) in [7, 11) is 0. The zero-order chi connectivity index (χ0) is 25.4. The zero-order valence-corrected chi connectivity index (χ0v) is 22.2. The smallest absolute Gasteiger partial charge is 0.309 e. The van der Waals surface area contributed by atoms with Crippen molar-refractivity contribution in [3.05, 3.63) is 11.3 Å². The molecule has 0 bridgehead atoms. The summed E-state index contributed by atoms with van der Waals surface area (Å²) in [5, 5.41) is 14.4. The Morgan fingerprint density at radius 1 is 0.861 bits per heavy atom. The minimum atomic E-state index is -0.798. The highest BCUT2D eigenvalue weighted by atomic mass is 16.6. The number of ketones is 1. The van der Waals surface area contributed by atoms with Crippen molar-refractivity contribution in [1.82, 2.24) is 5.32 Å². The van der Waals surface area contributed by atoms with E-state index in [2.05, 4.69) is 19.2 Å². The summed E-state index contributed by atoms with van der Waals surface area (Å²) in [6.45, 7) is 4.33. The number of carbonyl (C=O) groups is 3. The van der Waals surface area contributed by atoms with E-state index in [1.54, 1.807) is 0 Å². The van der Waals surface area contributed by atoms with E-state index < -0.39 is 17.8 Å². The molecule has 36 heavy (non-hydrogen) atoms. The van der Waals surface area contributed by atoms with Crippen LogP contribution in [0.4, 0.5) is 0 Å². The number of amides is 1. The van der Waals surface area contributed by atoms with Crippen LogP contribution in [0.5, 0.6) is 0 Å². The minimum absolute atomic E-state index is 0.0222. The van der Waals surface area contributed by atoms with Crippen molar-refractivity contribution in [1.29, 1.82) is 0 Å². The first-order valence-corrected chi connectivity index (χ1v) is 14.8. The molecular weight excluding hydrogens is 454 g/mol. The van der Waals surface area contributed by atoms with Gasteiger partial charge in [-0.15, -0.1) is 0 Å². The van der Waals surface area contributed by atoms with Crippen LogP contribution in [0.3, 0.4) is 0 Å². The molecule has 6 heteroatoms. The van der Waals surface area contributed by atoms with Gasteiger partial charge in [0.15, 0.2) is 11.5 Å². The fourth-order valence-corrected chi connectivity index (χ4v) is 8.20. The normalized spacial score (nSPS) is 41.4. The highest BCUT2D eigenvalue weighted by Gasteiger charge is 2.51. The molecule has 5 aliphatic rings. The molecule has 4 saturated carbocycles. The van der Waals surface area contributed by atoms with Crippen LogP contribution in [0, 0.1) is 41.4 Å². The predicted octanol–water partition coefficient (Wildman–Crippen LogP) is 5.65. The Kier molecular flexibility index (Phi) is 7.78. The standard InChI is InChI=1S/C30H45NO5/c1-17-11-12-18(2)24(15-17)31-29(34)27(33)25(28-22-9-5-6-10-23(22)30(35)36-28)26(32)21-14-13-19-7-3-4-8-20(19)16-21/h17-24,28,33H,3-16H2,1-2H3,(H,31,34)/b27-25+/t17?,18?,19?,20?,21?,22?,23?,24?,28-/m0/s1. The average Bonchev–Trinajstić information content (AvgIpc) is 3.22. The van der Waals surface area contributed by atoms with Crippen molar-refractivity contribution in [2.24, 2.45) is 41.4 Å². The molecule has 1 aliphatic heterocycles. The van der Waals surface area contributed by atoms with Gasteiger partial charge < -0.3 is 15.2 Å². The van der Waals surface area contributed by atoms with E-state index in [0.29, 0.717) is 23.7 Å². The number of carbonyl (C=O) groups excluding carboxylic acids is 3. The lowest BCUT2D eigenvalue weighted by molar-refractivity contribution is -0.144. The molecule has 200 valence electrons. The molecule has 0 aromatic heterocycles. The van der Waals surface area contributed by atoms with E-state index in [0.717, 1.165) is 64.2 Å². The summed E-state index contributed by atoms with van der Waals surface area (Å²) >= 11 is 0. The van der Waals surface area contributed by atoms with Crippen LogP contribution < -0.4 is 5.32 Å². The van der Waals surface area contributed by atoms with E-state index in [-0.39, 0.29) is 41.1 Å². The van der Waals surface area contributed by atoms with Gasteiger partial charge in [-0.1, -0.05) is 58.8 Å². The molecule has 0 aromatic carbocycles. The van der Waals surface area contributed by atoms with Crippen molar-refractivity contribution in [2.45, 2.75) is 116 Å². The van der Waals surface area contributed by atoms with E-state index >= 15 is 0 Å². The summed E-state index contributed by atoms with van der Waals surface area (Å²) in [5.41, 5.74) is 0.0889. The van der Waals surface area contributed by atoms with E-state index in [1.165, 1.54) is 25.7 Å². The van der Waals surface area contributed by atoms with E-state index in [1.807, 2.05) is 0 Å². The minimum Gasteiger partial charge on any atom is -0.503 e. The van der Waals surface area contributed by atoms with Gasteiger partial charge in [0, 0.05) is 17.9 Å². The number of esters is 1. The van der Waals surface area contributed by atoms with Crippen LogP contribution in [-0.2, 0) is 19.1 Å². The maximum absolute atomic E-state index is 14.1. The summed E-state index contributed by atoms with van der Waals surface area (Å²) < 4.78 is 5.83. The van der Waals surface area contributed by atoms with Gasteiger partial charge in [-0.3, -0.25) is 14.4 Å². The zero-order valence-electron chi connectivity index (χ0n) is 22.2. The molecule has 9 atom stereocenters. The first-order chi connectivity index (χ1) is 17.3. The van der Waals surface area contributed by atoms with Crippen LogP contribution in [0.1, 0.15) is 104 Å². The number of Topliss-reactive ketones (excluding diaryl/α,β-unsaturated/α-hetero) is 1. The van der Waals surface area contributed by atoms with E-state index in [4.69, 9.17) is 4.74 Å². The number of hydrogen-bond acceptors (Lipinski definition) is 5. The van der Waals surface area contributed by atoms with Crippen LogP contribution in [0.15, 0.2) is 11.3 Å². The van der Waals surface area contributed by atoms with Crippen molar-refractivity contribution >= 4 is 17.7 Å². The summed E-state index contributed by atoms with van der Waals surface area (Å²) in [6, 6.07) is -0.0222. The number of nitrogens with one attached hydrogen (secondary N) is 1. The first-order valence-electron chi connectivity index (χ1n) is 14.8. The number of aliphatic hydroxyl groups excluding tert-OH is 1. The highest BCUT2D eigenvalue weighted by Crippen LogP contribution is 2.47. The number of fused-ring (bicyclic) bond motifs is 2. The number of rotatable bonds is 5. The second kappa shape index (κ2) is 10.9. The molecule has 8 unspecified atom stereocenters. The van der Waals surface area contributed by atoms with Crippen LogP contribution in [0.2, 0.25) is 0 Å². The van der Waals surface area contributed by atoms with Gasteiger partial charge in [-0.05, 0) is 68.6 Å². The first kappa shape index (κ1) is 25.8. The molecule has 0 radical (unpaired) electrons. The molecule has 1 heterocycles. The SMILES string of the molecule is CC1CCC(C)C(NC(=O)/C(O)=C(/C(=O)C2CCC3CCCCC3C2)[C@H]2OC(=O)C3CCCCC32)C1. The highest BCUT2D eigenvalue weighted by molar-refractivity contribution is 6.06. The molecule has 5 rings (SSSR count). The Bertz CT molecular complexity index is 896. The Balaban J connectivity index is 1.42. The van der Waals surface area contributed by atoms with Crippen molar-refractivity contribution < 1.29 is 24.2 Å². The fraction of sp³-hybridized carbons (Fsp3) is 0.833. The maximum atomic E-state index is 14.1. The third-order valence-electron chi connectivity index (χ3n) is 10.5. The molecule has 2 N–H and O–H groups in total. The third kappa shape index (κ3) is 5.11. The number of aliphatic hydroxyl groups is 1. The molecular formula is C30H45NO5. The topological polar surface area (TPSA) is 92.7 Å². The van der Waals surface area contributed by atoms with Crippen LogP contribution >= 0.6 is 0 Å². The lowest BCUT2D eigenvalue weighted by Gasteiger charge is -2.39. The maximum Gasteiger partial charge on any atom is 0.309 e. The predicted molar refractivity (Wildman–Crippen MR) is 137 cm³/mol. The molecule has 5 fully saturated rings. The lowest BCUT2D eigenvalue weighted by Crippen LogP contribution is -2.45. The van der Waals surface area contributed by atoms with Crippen LogP contribution in [-0.4, -0.2) is 34.9 Å². The van der Waals surface area contributed by atoms with Gasteiger partial charge in [0.2, 0.25) is 0 Å². The fourth-order valence-electron chi connectivity index (χ4n) is 8.20. The molecule has 0 aromatic rings. The third-order valence-corrected chi connectivity index (χ3v) is 10.5. The van der Waals surface area contributed by atoms with Gasteiger partial charge in [0.05, 0.1) is 11.5 Å². The summed E-state index contributed by atoms with van der Waals surface area (Å²) in [5.74, 6) is 0.0419. The molecule has 0 spiro atoms. The largest absolute Gasteiger partial charge is 0.503 e. The number of cyclic esters (lactones) is 1. The molecule has 1 amide bonds. The quantitative estimate of drug-likeness (QED) is 0.290. The Morgan fingerprint density at radius 3 is 2.39 bits per heavy atom. The van der Waals surface area contributed by atoms with Crippen molar-refractivity contribution in [3.63, 3.8) is 0 Å². The number of ether oxygens (including phenoxy) is 1. The Hall–Kier alpha value is -1.85.